The normalized spacial score (nSPS) is 13.5. The molecule has 1 aliphatic rings. The largest absolute Gasteiger partial charge is 0.331 e. The number of amides is 2. The molecule has 168 valence electrons. The molecule has 2 aromatic heterocycles. The standard InChI is InChI=1S/C24H24N6O3/c1-29-19-8-5-4-7-17(19)25-21(29)14-22(31)27-28-23(32)15-10-11-16-18(13-15)26-20-9-3-2-6-12-30(20)24(16)33/h4-5,7-8,10-11,13H,2-3,6,9,12,14H2,1H3,(H,27,31)(H,28,32). The molecule has 0 saturated heterocycles. The Morgan fingerprint density at radius 1 is 1.00 bits per heavy atom. The molecule has 1 aliphatic heterocycles. The molecule has 0 atom stereocenters. The molecule has 0 aliphatic carbocycles. The Kier molecular flexibility index (Phi) is 5.37. The van der Waals surface area contributed by atoms with Gasteiger partial charge < -0.3 is 4.57 Å². The maximum Gasteiger partial charge on any atom is 0.269 e. The van der Waals surface area contributed by atoms with E-state index in [1.807, 2.05) is 35.9 Å². The summed E-state index contributed by atoms with van der Waals surface area (Å²) in [5, 5.41) is 0.489. The number of fused-ring (bicyclic) bond motifs is 3. The van der Waals surface area contributed by atoms with Gasteiger partial charge in [-0.25, -0.2) is 9.97 Å². The van der Waals surface area contributed by atoms with Crippen molar-refractivity contribution in [1.82, 2.24) is 30.0 Å². The summed E-state index contributed by atoms with van der Waals surface area (Å²) in [5.74, 6) is 0.494. The number of hydrazine groups is 1. The van der Waals surface area contributed by atoms with Gasteiger partial charge in [-0.05, 0) is 43.2 Å². The highest BCUT2D eigenvalue weighted by Crippen LogP contribution is 2.17. The minimum absolute atomic E-state index is 0.0215. The van der Waals surface area contributed by atoms with Gasteiger partial charge in [0, 0.05) is 25.6 Å². The molecule has 0 unspecified atom stereocenters. The van der Waals surface area contributed by atoms with Gasteiger partial charge in [-0.3, -0.25) is 29.8 Å². The Bertz CT molecular complexity index is 1450. The predicted octanol–water partition coefficient (Wildman–Crippen LogP) is 2.01. The van der Waals surface area contributed by atoms with Gasteiger partial charge in [-0.15, -0.1) is 0 Å². The van der Waals surface area contributed by atoms with Gasteiger partial charge in [-0.2, -0.15) is 0 Å². The van der Waals surface area contributed by atoms with Crippen LogP contribution in [0.1, 0.15) is 41.3 Å². The second kappa shape index (κ2) is 8.50. The second-order valence-electron chi connectivity index (χ2n) is 8.28. The number of imidazole rings is 1. The van der Waals surface area contributed by atoms with Gasteiger partial charge in [-0.1, -0.05) is 18.6 Å². The molecule has 33 heavy (non-hydrogen) atoms. The summed E-state index contributed by atoms with van der Waals surface area (Å²) >= 11 is 0. The van der Waals surface area contributed by atoms with Gasteiger partial charge in [0.25, 0.3) is 11.5 Å². The first-order valence-corrected chi connectivity index (χ1v) is 11.0. The third-order valence-corrected chi connectivity index (χ3v) is 6.09. The number of hydrogen-bond acceptors (Lipinski definition) is 5. The van der Waals surface area contributed by atoms with E-state index >= 15 is 0 Å². The lowest BCUT2D eigenvalue weighted by Crippen LogP contribution is -2.42. The van der Waals surface area contributed by atoms with Gasteiger partial charge in [0.1, 0.15) is 11.6 Å². The van der Waals surface area contributed by atoms with Crippen LogP contribution in [0.4, 0.5) is 0 Å². The Hall–Kier alpha value is -4.01. The first-order valence-electron chi connectivity index (χ1n) is 11.0. The minimum Gasteiger partial charge on any atom is -0.331 e. The molecule has 9 nitrogen and oxygen atoms in total. The van der Waals surface area contributed by atoms with E-state index in [9.17, 15) is 14.4 Å². The summed E-state index contributed by atoms with van der Waals surface area (Å²) in [7, 11) is 1.85. The smallest absolute Gasteiger partial charge is 0.269 e. The topological polar surface area (TPSA) is 111 Å². The fourth-order valence-electron chi connectivity index (χ4n) is 4.30. The number of carbonyl (C=O) groups is 2. The lowest BCUT2D eigenvalue weighted by Gasteiger charge is -2.11. The molecule has 0 radical (unpaired) electrons. The van der Waals surface area contributed by atoms with Crippen LogP contribution in [-0.2, 0) is 31.2 Å². The van der Waals surface area contributed by atoms with Crippen LogP contribution in [-0.4, -0.2) is 30.9 Å². The van der Waals surface area contributed by atoms with Crippen LogP contribution < -0.4 is 16.4 Å². The zero-order valence-electron chi connectivity index (χ0n) is 18.3. The summed E-state index contributed by atoms with van der Waals surface area (Å²) in [6.07, 6.45) is 3.80. The van der Waals surface area contributed by atoms with E-state index in [1.54, 1.807) is 22.8 Å². The van der Waals surface area contributed by atoms with Crippen molar-refractivity contribution in [2.75, 3.05) is 0 Å². The van der Waals surface area contributed by atoms with Crippen LogP contribution in [0.3, 0.4) is 0 Å². The quantitative estimate of drug-likeness (QED) is 0.470. The Morgan fingerprint density at radius 2 is 1.85 bits per heavy atom. The van der Waals surface area contributed by atoms with E-state index in [2.05, 4.69) is 20.8 Å². The molecule has 4 aromatic rings. The minimum atomic E-state index is -0.480. The number of aryl methyl sites for hydroxylation is 2. The van der Waals surface area contributed by atoms with E-state index in [1.165, 1.54) is 0 Å². The summed E-state index contributed by atoms with van der Waals surface area (Å²) in [4.78, 5) is 47.0. The number of para-hydroxylation sites is 2. The number of nitrogens with one attached hydrogen (secondary N) is 2. The van der Waals surface area contributed by atoms with Crippen LogP contribution in [0.25, 0.3) is 21.9 Å². The maximum absolute atomic E-state index is 12.8. The van der Waals surface area contributed by atoms with Crippen LogP contribution in [0.5, 0.6) is 0 Å². The fraction of sp³-hybridized carbons (Fsp3) is 0.292. The molecule has 0 fully saturated rings. The summed E-state index contributed by atoms with van der Waals surface area (Å²) in [5.41, 5.74) is 7.36. The van der Waals surface area contributed by atoms with Gasteiger partial charge in [0.05, 0.1) is 28.4 Å². The van der Waals surface area contributed by atoms with Gasteiger partial charge in [0.2, 0.25) is 5.91 Å². The van der Waals surface area contributed by atoms with Crippen molar-refractivity contribution >= 4 is 33.8 Å². The van der Waals surface area contributed by atoms with Crippen LogP contribution in [0, 0.1) is 0 Å². The number of hydrogen-bond donors (Lipinski definition) is 2. The fourth-order valence-corrected chi connectivity index (χ4v) is 4.30. The third kappa shape index (κ3) is 3.97. The van der Waals surface area contributed by atoms with Crippen molar-refractivity contribution in [2.24, 2.45) is 7.05 Å². The average molecular weight is 444 g/mol. The zero-order chi connectivity index (χ0) is 22.9. The Morgan fingerprint density at radius 3 is 2.70 bits per heavy atom. The number of nitrogens with zero attached hydrogens (tertiary/aromatic N) is 4. The summed E-state index contributed by atoms with van der Waals surface area (Å²) in [6.45, 7) is 0.678. The maximum atomic E-state index is 12.8. The van der Waals surface area contributed by atoms with Crippen molar-refractivity contribution in [3.05, 3.63) is 70.0 Å². The van der Waals surface area contributed by atoms with Crippen molar-refractivity contribution in [3.8, 4) is 0 Å². The van der Waals surface area contributed by atoms with Crippen molar-refractivity contribution < 1.29 is 9.59 Å². The number of rotatable bonds is 3. The first-order chi connectivity index (χ1) is 16.0. The third-order valence-electron chi connectivity index (χ3n) is 6.09. The molecule has 2 amide bonds. The predicted molar refractivity (Wildman–Crippen MR) is 124 cm³/mol. The van der Waals surface area contributed by atoms with E-state index < -0.39 is 5.91 Å². The number of carbonyl (C=O) groups excluding carboxylic acids is 2. The highest BCUT2D eigenvalue weighted by Gasteiger charge is 2.16. The van der Waals surface area contributed by atoms with E-state index in [4.69, 9.17) is 0 Å². The van der Waals surface area contributed by atoms with E-state index in [0.717, 1.165) is 42.5 Å². The molecule has 0 bridgehead atoms. The molecule has 9 heteroatoms. The van der Waals surface area contributed by atoms with Crippen molar-refractivity contribution in [3.63, 3.8) is 0 Å². The molecule has 2 N–H and O–H groups in total. The van der Waals surface area contributed by atoms with E-state index in [0.29, 0.717) is 28.8 Å². The molecule has 0 saturated carbocycles. The SMILES string of the molecule is Cn1c(CC(=O)NNC(=O)c2ccc3c(=O)n4c(nc3c2)CCCCC4)nc2ccccc21. The number of benzene rings is 2. The van der Waals surface area contributed by atoms with Gasteiger partial charge in [0.15, 0.2) is 0 Å². The van der Waals surface area contributed by atoms with E-state index in [-0.39, 0.29) is 17.9 Å². The van der Waals surface area contributed by atoms with Crippen LogP contribution in [0.15, 0.2) is 47.3 Å². The van der Waals surface area contributed by atoms with Gasteiger partial charge >= 0.3 is 0 Å². The molecule has 3 heterocycles. The average Bonchev–Trinajstić information content (AvgIpc) is 2.98. The summed E-state index contributed by atoms with van der Waals surface area (Å²) < 4.78 is 3.60. The van der Waals surface area contributed by atoms with Crippen molar-refractivity contribution in [1.29, 1.82) is 0 Å². The zero-order valence-corrected chi connectivity index (χ0v) is 18.3. The van der Waals surface area contributed by atoms with Crippen molar-refractivity contribution in [2.45, 2.75) is 38.6 Å². The van der Waals surface area contributed by atoms with Crippen LogP contribution in [0.2, 0.25) is 0 Å². The monoisotopic (exact) mass is 444 g/mol. The Balaban J connectivity index is 1.30. The van der Waals surface area contributed by atoms with Crippen LogP contribution >= 0.6 is 0 Å². The first kappa shape index (κ1) is 20.9. The highest BCUT2D eigenvalue weighted by molar-refractivity contribution is 5.98. The lowest BCUT2D eigenvalue weighted by molar-refractivity contribution is -0.121. The second-order valence-corrected chi connectivity index (χ2v) is 8.28. The molecular formula is C24H24N6O3. The Labute approximate surface area is 189 Å². The lowest BCUT2D eigenvalue weighted by atomic mass is 10.1. The number of aromatic nitrogens is 4. The molecule has 0 spiro atoms. The molecule has 5 rings (SSSR count). The highest BCUT2D eigenvalue weighted by atomic mass is 16.2. The molecule has 2 aromatic carbocycles. The summed E-state index contributed by atoms with van der Waals surface area (Å²) in [6, 6.07) is 12.4. The molecular weight excluding hydrogens is 420 g/mol.